The first-order valence-corrected chi connectivity index (χ1v) is 11.6. The molecule has 0 atom stereocenters. The molecule has 0 aromatic heterocycles. The number of hydrogen-bond donors (Lipinski definition) is 2. The van der Waals surface area contributed by atoms with E-state index in [-0.39, 0.29) is 16.8 Å². The van der Waals surface area contributed by atoms with Gasteiger partial charge in [-0.05, 0) is 49.9 Å². The second kappa shape index (κ2) is 9.15. The fourth-order valence-electron chi connectivity index (χ4n) is 3.87. The average molecular weight is 408 g/mol. The van der Waals surface area contributed by atoms with Crippen molar-refractivity contribution in [2.45, 2.75) is 55.9 Å². The van der Waals surface area contributed by atoms with Gasteiger partial charge in [-0.25, -0.2) is 13.8 Å². The van der Waals surface area contributed by atoms with Crippen LogP contribution in [0.25, 0.3) is 0 Å². The van der Waals surface area contributed by atoms with Crippen LogP contribution in [0.5, 0.6) is 0 Å². The molecule has 1 aliphatic heterocycles. The van der Waals surface area contributed by atoms with Crippen LogP contribution in [0.2, 0.25) is 0 Å². The van der Waals surface area contributed by atoms with Crippen LogP contribution in [0, 0.1) is 0 Å². The molecule has 1 aliphatic carbocycles. The molecule has 2 aliphatic rings. The molecule has 1 aromatic carbocycles. The third-order valence-corrected chi connectivity index (χ3v) is 7.79. The van der Waals surface area contributed by atoms with Gasteiger partial charge in [0.1, 0.15) is 0 Å². The highest BCUT2D eigenvalue weighted by atomic mass is 32.2. The molecule has 0 unspecified atom stereocenters. The summed E-state index contributed by atoms with van der Waals surface area (Å²) < 4.78 is 27.3. The van der Waals surface area contributed by atoms with Gasteiger partial charge in [0.2, 0.25) is 10.0 Å². The van der Waals surface area contributed by atoms with Crippen molar-refractivity contribution in [3.05, 3.63) is 29.8 Å². The van der Waals surface area contributed by atoms with Crippen LogP contribution in [0.3, 0.4) is 0 Å². The number of nitrogens with one attached hydrogen (secondary N) is 2. The lowest BCUT2D eigenvalue weighted by molar-refractivity contribution is -0.885. The van der Waals surface area contributed by atoms with E-state index in [1.807, 2.05) is 0 Å². The number of hydrogen-bond acceptors (Lipinski definition) is 4. The second-order valence-corrected chi connectivity index (χ2v) is 9.91. The number of hydrazone groups is 1. The Balaban J connectivity index is 1.64. The van der Waals surface area contributed by atoms with Gasteiger partial charge in [-0.2, -0.15) is 9.41 Å². The van der Waals surface area contributed by atoms with E-state index < -0.39 is 10.0 Å². The minimum absolute atomic E-state index is 0.0305. The first-order chi connectivity index (χ1) is 13.4. The Hall–Kier alpha value is -1.77. The average Bonchev–Trinajstić information content (AvgIpc) is 2.73. The molecule has 8 heteroatoms. The summed E-state index contributed by atoms with van der Waals surface area (Å²) in [4.78, 5) is 13.9. The summed E-state index contributed by atoms with van der Waals surface area (Å²) in [5.74, 6) is -0.311. The van der Waals surface area contributed by atoms with Crippen molar-refractivity contribution >= 4 is 21.6 Å². The summed E-state index contributed by atoms with van der Waals surface area (Å²) in [5, 5.41) is 4.21. The molecule has 7 nitrogen and oxygen atoms in total. The number of amides is 1. The van der Waals surface area contributed by atoms with Gasteiger partial charge in [-0.15, -0.1) is 0 Å². The quantitative estimate of drug-likeness (QED) is 0.716. The topological polar surface area (TPSA) is 83.3 Å². The van der Waals surface area contributed by atoms with Crippen LogP contribution in [-0.2, 0) is 10.0 Å². The van der Waals surface area contributed by atoms with Gasteiger partial charge in [0.25, 0.3) is 5.91 Å². The molecule has 154 valence electrons. The van der Waals surface area contributed by atoms with Crippen LogP contribution in [0.4, 0.5) is 0 Å². The van der Waals surface area contributed by atoms with Crippen LogP contribution >= 0.6 is 0 Å². The number of quaternary nitrogens is 1. The van der Waals surface area contributed by atoms with E-state index >= 15 is 0 Å². The molecule has 1 aromatic rings. The molecule has 0 bridgehead atoms. The lowest BCUT2D eigenvalue weighted by Crippen LogP contribution is -3.10. The highest BCUT2D eigenvalue weighted by Gasteiger charge is 2.31. The van der Waals surface area contributed by atoms with Crippen molar-refractivity contribution in [3.63, 3.8) is 0 Å². The monoisotopic (exact) mass is 407 g/mol. The second-order valence-electron chi connectivity index (χ2n) is 7.91. The van der Waals surface area contributed by atoms with Crippen molar-refractivity contribution in [1.82, 2.24) is 9.73 Å². The summed E-state index contributed by atoms with van der Waals surface area (Å²) in [6.07, 6.45) is 7.05. The number of nitrogens with zero attached hydrogens (tertiary/aromatic N) is 2. The molecule has 2 N–H and O–H groups in total. The summed E-state index contributed by atoms with van der Waals surface area (Å²) >= 11 is 0. The fourth-order valence-corrected chi connectivity index (χ4v) is 5.28. The van der Waals surface area contributed by atoms with Gasteiger partial charge in [0, 0.05) is 37.2 Å². The minimum Gasteiger partial charge on any atom is -0.337 e. The molecule has 1 amide bonds. The van der Waals surface area contributed by atoms with Crippen molar-refractivity contribution in [2.24, 2.45) is 5.10 Å². The number of carbonyl (C=O) groups excluding carboxylic acids is 1. The zero-order valence-electron chi connectivity index (χ0n) is 16.8. The molecule has 1 saturated carbocycles. The van der Waals surface area contributed by atoms with Crippen LogP contribution in [0.1, 0.15) is 55.3 Å². The zero-order chi connectivity index (χ0) is 20.1. The maximum absolute atomic E-state index is 12.9. The zero-order valence-corrected chi connectivity index (χ0v) is 17.6. The maximum Gasteiger partial charge on any atom is 0.271 e. The van der Waals surface area contributed by atoms with E-state index in [0.29, 0.717) is 5.56 Å². The first-order valence-electron chi connectivity index (χ1n) is 10.1. The highest BCUT2D eigenvalue weighted by molar-refractivity contribution is 7.89. The van der Waals surface area contributed by atoms with Gasteiger partial charge >= 0.3 is 0 Å². The number of likely N-dealkylation sites (tertiary alicyclic amines) is 1. The molecule has 1 saturated heterocycles. The number of benzene rings is 1. The predicted octanol–water partition coefficient (Wildman–Crippen LogP) is 1.03. The standard InChI is InChI=1S/C20H30N4O3S/c1-23-14-12-18(13-15-23)24(2)28(26,27)19-10-8-16(9-11-19)20(25)22-21-17-6-4-3-5-7-17/h8-11,18H,3-7,12-15H2,1-2H3,(H,22,25)/p+1. The highest BCUT2D eigenvalue weighted by Crippen LogP contribution is 2.20. The van der Waals surface area contributed by atoms with E-state index in [0.717, 1.165) is 57.3 Å². The Morgan fingerprint density at radius 1 is 1.11 bits per heavy atom. The Morgan fingerprint density at radius 3 is 2.32 bits per heavy atom. The van der Waals surface area contributed by atoms with Crippen LogP contribution in [-0.4, -0.2) is 57.6 Å². The summed E-state index contributed by atoms with van der Waals surface area (Å²) in [7, 11) is 0.224. The van der Waals surface area contributed by atoms with Gasteiger partial charge in [0.05, 0.1) is 25.0 Å². The molecule has 2 fully saturated rings. The number of sulfonamides is 1. The Morgan fingerprint density at radius 2 is 1.71 bits per heavy atom. The van der Waals surface area contributed by atoms with E-state index in [2.05, 4.69) is 17.6 Å². The van der Waals surface area contributed by atoms with Crippen LogP contribution in [0.15, 0.2) is 34.3 Å². The molecular weight excluding hydrogens is 376 g/mol. The minimum atomic E-state index is -3.56. The van der Waals surface area contributed by atoms with Crippen molar-refractivity contribution < 1.29 is 18.1 Å². The van der Waals surface area contributed by atoms with E-state index in [1.165, 1.54) is 27.8 Å². The molecule has 3 rings (SSSR count). The summed E-state index contributed by atoms with van der Waals surface area (Å²) in [6, 6.07) is 6.15. The largest absolute Gasteiger partial charge is 0.337 e. The lowest BCUT2D eigenvalue weighted by Gasteiger charge is -2.32. The number of rotatable bonds is 5. The SMILES string of the molecule is CN(C1CC[NH+](C)CC1)S(=O)(=O)c1ccc(C(=O)NN=C2CCCCC2)cc1. The van der Waals surface area contributed by atoms with Gasteiger partial charge in [-0.3, -0.25) is 4.79 Å². The Kier molecular flexibility index (Phi) is 6.85. The van der Waals surface area contributed by atoms with E-state index in [1.54, 1.807) is 19.2 Å². The van der Waals surface area contributed by atoms with Crippen LogP contribution < -0.4 is 10.3 Å². The molecule has 0 radical (unpaired) electrons. The van der Waals surface area contributed by atoms with Gasteiger partial charge in [-0.1, -0.05) is 6.42 Å². The lowest BCUT2D eigenvalue weighted by atomic mass is 9.99. The Labute approximate surface area is 167 Å². The normalized spacial score (nSPS) is 23.5. The predicted molar refractivity (Wildman–Crippen MR) is 109 cm³/mol. The van der Waals surface area contributed by atoms with Gasteiger partial charge in [0.15, 0.2) is 0 Å². The molecule has 1 heterocycles. The Bertz CT molecular complexity index is 804. The number of piperidine rings is 1. The van der Waals surface area contributed by atoms with E-state index in [4.69, 9.17) is 0 Å². The van der Waals surface area contributed by atoms with Gasteiger partial charge < -0.3 is 4.90 Å². The smallest absolute Gasteiger partial charge is 0.271 e. The van der Waals surface area contributed by atoms with Crippen molar-refractivity contribution in [3.8, 4) is 0 Å². The third-order valence-electron chi connectivity index (χ3n) is 5.86. The van der Waals surface area contributed by atoms with Crippen molar-refractivity contribution in [1.29, 1.82) is 0 Å². The van der Waals surface area contributed by atoms with Crippen molar-refractivity contribution in [2.75, 3.05) is 27.2 Å². The third kappa shape index (κ3) is 4.98. The fraction of sp³-hybridized carbons (Fsp3) is 0.600. The number of carbonyl (C=O) groups is 1. The molecule has 28 heavy (non-hydrogen) atoms. The maximum atomic E-state index is 12.9. The summed E-state index contributed by atoms with van der Waals surface area (Å²) in [6.45, 7) is 1.96. The molecular formula is C20H31N4O3S+. The molecule has 0 spiro atoms. The van der Waals surface area contributed by atoms with E-state index in [9.17, 15) is 13.2 Å². The summed E-state index contributed by atoms with van der Waals surface area (Å²) in [5.41, 5.74) is 4.03. The first kappa shape index (κ1) is 21.0.